The monoisotopic (exact) mass is 134 g/mol. The molecule has 2 heteroatoms. The van der Waals surface area contributed by atoms with E-state index in [1.165, 1.54) is 0 Å². The number of amidine groups is 1. The van der Waals surface area contributed by atoms with E-state index in [0.717, 1.165) is 5.57 Å². The third kappa shape index (κ3) is 1.35. The second-order valence-corrected chi connectivity index (χ2v) is 2.18. The van der Waals surface area contributed by atoms with Crippen molar-refractivity contribution in [2.75, 3.05) is 0 Å². The minimum absolute atomic E-state index is 0.179. The molecule has 0 spiro atoms. The van der Waals surface area contributed by atoms with Crippen molar-refractivity contribution < 1.29 is 0 Å². The van der Waals surface area contributed by atoms with Gasteiger partial charge in [-0.3, -0.25) is 5.41 Å². The van der Waals surface area contributed by atoms with Gasteiger partial charge in [-0.1, -0.05) is 30.9 Å². The van der Waals surface area contributed by atoms with Crippen LogP contribution >= 0.6 is 0 Å². The zero-order chi connectivity index (χ0) is 7.56. The van der Waals surface area contributed by atoms with Crippen LogP contribution in [0.3, 0.4) is 0 Å². The molecule has 0 fully saturated rings. The van der Waals surface area contributed by atoms with Crippen LogP contribution in [0.2, 0.25) is 0 Å². The minimum Gasteiger partial charge on any atom is -0.384 e. The summed E-state index contributed by atoms with van der Waals surface area (Å²) in [5, 5.41) is 7.03. The van der Waals surface area contributed by atoms with Crippen LogP contribution in [0, 0.1) is 11.3 Å². The fourth-order valence-electron chi connectivity index (χ4n) is 0.772. The van der Waals surface area contributed by atoms with E-state index in [1.807, 2.05) is 18.2 Å². The molecule has 2 nitrogen and oxygen atoms in total. The van der Waals surface area contributed by atoms with E-state index in [-0.39, 0.29) is 5.84 Å². The molecule has 0 aliphatic heterocycles. The molecule has 3 N–H and O–H groups in total. The minimum atomic E-state index is 0.179. The van der Waals surface area contributed by atoms with E-state index in [0.29, 0.717) is 5.92 Å². The third-order valence-corrected chi connectivity index (χ3v) is 1.37. The Bertz CT molecular complexity index is 223. The van der Waals surface area contributed by atoms with E-state index >= 15 is 0 Å². The number of nitrogens with one attached hydrogen (secondary N) is 1. The third-order valence-electron chi connectivity index (χ3n) is 1.37. The topological polar surface area (TPSA) is 49.9 Å². The van der Waals surface area contributed by atoms with Crippen LogP contribution in [0.1, 0.15) is 0 Å². The van der Waals surface area contributed by atoms with Gasteiger partial charge in [0.2, 0.25) is 0 Å². The lowest BCUT2D eigenvalue weighted by atomic mass is 10.2. The van der Waals surface area contributed by atoms with Crippen LogP contribution < -0.4 is 5.73 Å². The lowest BCUT2D eigenvalue weighted by Gasteiger charge is -1.87. The zero-order valence-corrected chi connectivity index (χ0v) is 5.67. The molecule has 0 saturated heterocycles. The SMILES string of the molecule is C=C/C=C/C1C=C1C(=N)N. The summed E-state index contributed by atoms with van der Waals surface area (Å²) < 4.78 is 0. The highest BCUT2D eigenvalue weighted by atomic mass is 14.7. The zero-order valence-electron chi connectivity index (χ0n) is 5.67. The lowest BCUT2D eigenvalue weighted by Crippen LogP contribution is -2.08. The largest absolute Gasteiger partial charge is 0.384 e. The molecule has 1 rings (SSSR count). The van der Waals surface area contributed by atoms with Crippen molar-refractivity contribution in [1.29, 1.82) is 5.41 Å². The van der Waals surface area contributed by atoms with Gasteiger partial charge < -0.3 is 5.73 Å². The standard InChI is InChI=1S/C8H10N2/c1-2-3-4-6-5-7(6)8(9)10/h2-6H,1H2,(H3,9,10)/b4-3+. The Labute approximate surface area is 60.2 Å². The summed E-state index contributed by atoms with van der Waals surface area (Å²) in [6.07, 6.45) is 7.48. The normalized spacial score (nSPS) is 22.4. The molecular formula is C8H10N2. The quantitative estimate of drug-likeness (QED) is 0.340. The molecule has 0 radical (unpaired) electrons. The second kappa shape index (κ2) is 2.52. The van der Waals surface area contributed by atoms with Crippen LogP contribution in [0.15, 0.2) is 36.5 Å². The molecule has 1 aliphatic carbocycles. The molecule has 0 heterocycles. The van der Waals surface area contributed by atoms with E-state index in [1.54, 1.807) is 6.08 Å². The van der Waals surface area contributed by atoms with Gasteiger partial charge in [-0.05, 0) is 0 Å². The van der Waals surface area contributed by atoms with Crippen LogP contribution in [-0.4, -0.2) is 5.84 Å². The van der Waals surface area contributed by atoms with Gasteiger partial charge in [0.15, 0.2) is 0 Å². The van der Waals surface area contributed by atoms with Gasteiger partial charge >= 0.3 is 0 Å². The van der Waals surface area contributed by atoms with E-state index in [4.69, 9.17) is 11.1 Å². The molecule has 1 aliphatic rings. The van der Waals surface area contributed by atoms with Crippen LogP contribution in [-0.2, 0) is 0 Å². The molecule has 0 bridgehead atoms. The molecule has 1 atom stereocenters. The van der Waals surface area contributed by atoms with Crippen molar-refractivity contribution in [1.82, 2.24) is 0 Å². The maximum absolute atomic E-state index is 7.03. The van der Waals surface area contributed by atoms with Crippen molar-refractivity contribution in [2.24, 2.45) is 11.7 Å². The Morgan fingerprint density at radius 3 is 2.90 bits per heavy atom. The van der Waals surface area contributed by atoms with Crippen LogP contribution in [0.25, 0.3) is 0 Å². The summed E-state index contributed by atoms with van der Waals surface area (Å²) in [5.41, 5.74) is 6.14. The van der Waals surface area contributed by atoms with E-state index in [2.05, 4.69) is 6.58 Å². The highest BCUT2D eigenvalue weighted by Crippen LogP contribution is 2.29. The molecule has 1 unspecified atom stereocenters. The fraction of sp³-hybridized carbons (Fsp3) is 0.125. The Kier molecular flexibility index (Phi) is 1.71. The van der Waals surface area contributed by atoms with Crippen molar-refractivity contribution >= 4 is 5.84 Å². The van der Waals surface area contributed by atoms with Crippen molar-refractivity contribution in [3.63, 3.8) is 0 Å². The molecule has 0 aromatic carbocycles. The number of hydrogen-bond acceptors (Lipinski definition) is 1. The smallest absolute Gasteiger partial charge is 0.119 e. The van der Waals surface area contributed by atoms with Gasteiger partial charge in [0, 0.05) is 11.5 Å². The summed E-state index contributed by atoms with van der Waals surface area (Å²) >= 11 is 0. The summed E-state index contributed by atoms with van der Waals surface area (Å²) in [4.78, 5) is 0. The van der Waals surface area contributed by atoms with Gasteiger partial charge in [0.25, 0.3) is 0 Å². The average molecular weight is 134 g/mol. The average Bonchev–Trinajstić information content (AvgIpc) is 2.62. The molecule has 0 amide bonds. The predicted octanol–water partition coefficient (Wildman–Crippen LogP) is 1.22. The van der Waals surface area contributed by atoms with E-state index < -0.39 is 0 Å². The Hall–Kier alpha value is -1.31. The molecule has 0 saturated carbocycles. The first-order valence-electron chi connectivity index (χ1n) is 3.11. The maximum Gasteiger partial charge on any atom is 0.119 e. The van der Waals surface area contributed by atoms with Crippen LogP contribution in [0.5, 0.6) is 0 Å². The Balaban J connectivity index is 2.36. The molecule has 52 valence electrons. The fourth-order valence-corrected chi connectivity index (χ4v) is 0.772. The first kappa shape index (κ1) is 6.81. The number of rotatable bonds is 3. The molecule has 10 heavy (non-hydrogen) atoms. The van der Waals surface area contributed by atoms with Gasteiger partial charge in [-0.15, -0.1) is 0 Å². The summed E-state index contributed by atoms with van der Waals surface area (Å²) in [7, 11) is 0. The number of nitrogens with two attached hydrogens (primary N) is 1. The highest BCUT2D eigenvalue weighted by molar-refractivity contribution is 5.99. The summed E-state index contributed by atoms with van der Waals surface area (Å²) in [6, 6.07) is 0. The molecular weight excluding hydrogens is 124 g/mol. The van der Waals surface area contributed by atoms with Crippen LogP contribution in [0.4, 0.5) is 0 Å². The van der Waals surface area contributed by atoms with Gasteiger partial charge in [-0.2, -0.15) is 0 Å². The van der Waals surface area contributed by atoms with Crippen molar-refractivity contribution in [3.05, 3.63) is 36.5 Å². The molecule has 0 aromatic heterocycles. The van der Waals surface area contributed by atoms with E-state index in [9.17, 15) is 0 Å². The maximum atomic E-state index is 7.03. The highest BCUT2D eigenvalue weighted by Gasteiger charge is 2.23. The first-order valence-corrected chi connectivity index (χ1v) is 3.11. The Morgan fingerprint density at radius 2 is 2.50 bits per heavy atom. The van der Waals surface area contributed by atoms with Gasteiger partial charge in [0.05, 0.1) is 0 Å². The first-order chi connectivity index (χ1) is 4.75. The second-order valence-electron chi connectivity index (χ2n) is 2.18. The van der Waals surface area contributed by atoms with Crippen molar-refractivity contribution in [3.8, 4) is 0 Å². The Morgan fingerprint density at radius 1 is 1.80 bits per heavy atom. The van der Waals surface area contributed by atoms with Gasteiger partial charge in [0.1, 0.15) is 5.84 Å². The van der Waals surface area contributed by atoms with Gasteiger partial charge in [-0.25, -0.2) is 0 Å². The number of allylic oxidation sites excluding steroid dienone is 4. The number of hydrogen-bond donors (Lipinski definition) is 2. The lowest BCUT2D eigenvalue weighted by molar-refractivity contribution is 1.20. The summed E-state index contributed by atoms with van der Waals surface area (Å²) in [5.74, 6) is 0.481. The molecule has 0 aromatic rings. The van der Waals surface area contributed by atoms with Crippen molar-refractivity contribution in [2.45, 2.75) is 0 Å². The summed E-state index contributed by atoms with van der Waals surface area (Å²) in [6.45, 7) is 3.54. The predicted molar refractivity (Wildman–Crippen MR) is 42.8 cm³/mol.